The zero-order chi connectivity index (χ0) is 20.3. The van der Waals surface area contributed by atoms with Crippen LogP contribution in [0, 0.1) is 13.8 Å². The van der Waals surface area contributed by atoms with Crippen LogP contribution in [0.2, 0.25) is 5.02 Å². The van der Waals surface area contributed by atoms with Crippen molar-refractivity contribution in [3.63, 3.8) is 0 Å². The van der Waals surface area contributed by atoms with Crippen molar-refractivity contribution in [1.29, 1.82) is 0 Å². The Hall–Kier alpha value is -2.11. The molecule has 1 aliphatic rings. The highest BCUT2D eigenvalue weighted by atomic mass is 35.5. The summed E-state index contributed by atoms with van der Waals surface area (Å²) >= 11 is 5.96. The highest BCUT2D eigenvalue weighted by Crippen LogP contribution is 2.45. The Morgan fingerprint density at radius 3 is 2.43 bits per heavy atom. The Balaban J connectivity index is 1.69. The zero-order valence-corrected chi connectivity index (χ0v) is 17.3. The molecule has 6 heteroatoms. The number of esters is 1. The van der Waals surface area contributed by atoms with Crippen LogP contribution in [0.3, 0.4) is 0 Å². The van der Waals surface area contributed by atoms with E-state index < -0.39 is 5.41 Å². The molecule has 1 aromatic carbocycles. The van der Waals surface area contributed by atoms with Gasteiger partial charge in [0.05, 0.1) is 12.0 Å². The van der Waals surface area contributed by atoms with Crippen LogP contribution in [-0.2, 0) is 26.2 Å². The number of ketones is 1. The molecule has 0 N–H and O–H groups in total. The van der Waals surface area contributed by atoms with Crippen LogP contribution in [-0.4, -0.2) is 36.6 Å². The molecule has 5 nitrogen and oxygen atoms in total. The summed E-state index contributed by atoms with van der Waals surface area (Å²) < 4.78 is 12.6. The predicted molar refractivity (Wildman–Crippen MR) is 108 cm³/mol. The third kappa shape index (κ3) is 3.87. The fraction of sp³-hybridized carbons (Fsp3) is 0.455. The zero-order valence-electron chi connectivity index (χ0n) is 16.6. The van der Waals surface area contributed by atoms with Crippen molar-refractivity contribution in [2.45, 2.75) is 45.1 Å². The van der Waals surface area contributed by atoms with E-state index in [4.69, 9.17) is 21.1 Å². The minimum Gasteiger partial charge on any atom is -0.457 e. The Bertz CT molecular complexity index is 865. The minimum absolute atomic E-state index is 0.185. The number of benzene rings is 1. The third-order valence-electron chi connectivity index (χ3n) is 5.72. The van der Waals surface area contributed by atoms with Gasteiger partial charge in [0.1, 0.15) is 0 Å². The maximum atomic E-state index is 12.8. The number of rotatable bonds is 8. The van der Waals surface area contributed by atoms with Gasteiger partial charge < -0.3 is 14.0 Å². The van der Waals surface area contributed by atoms with Crippen molar-refractivity contribution < 1.29 is 19.1 Å². The number of carbonyl (C=O) groups excluding carboxylic acids is 2. The topological polar surface area (TPSA) is 57.5 Å². The summed E-state index contributed by atoms with van der Waals surface area (Å²) in [7, 11) is 1.65. The monoisotopic (exact) mass is 403 g/mol. The van der Waals surface area contributed by atoms with Gasteiger partial charge in [-0.1, -0.05) is 30.2 Å². The average Bonchev–Trinajstić information content (AvgIpc) is 2.92. The van der Waals surface area contributed by atoms with Crippen LogP contribution in [0.15, 0.2) is 30.3 Å². The first-order valence-electron chi connectivity index (χ1n) is 9.51. The van der Waals surface area contributed by atoms with E-state index >= 15 is 0 Å². The van der Waals surface area contributed by atoms with Crippen LogP contribution in [0.4, 0.5) is 0 Å². The third-order valence-corrected chi connectivity index (χ3v) is 5.97. The number of hydrogen-bond acceptors (Lipinski definition) is 4. The first kappa shape index (κ1) is 20.6. The second kappa shape index (κ2) is 8.50. The second-order valence-electron chi connectivity index (χ2n) is 7.37. The lowest BCUT2D eigenvalue weighted by Crippen LogP contribution is -2.44. The van der Waals surface area contributed by atoms with E-state index in [2.05, 4.69) is 0 Å². The molecular weight excluding hydrogens is 378 g/mol. The SMILES string of the molecule is COCCn1c(C)cc(C(=O)COC(=O)C2(c3ccc(Cl)cc3)CCC2)c1C. The minimum atomic E-state index is -0.653. The Morgan fingerprint density at radius 1 is 1.18 bits per heavy atom. The van der Waals surface area contributed by atoms with Crippen LogP contribution < -0.4 is 0 Å². The lowest BCUT2D eigenvalue weighted by atomic mass is 9.64. The van der Waals surface area contributed by atoms with E-state index in [1.165, 1.54) is 0 Å². The molecular formula is C22H26ClNO4. The lowest BCUT2D eigenvalue weighted by molar-refractivity contribution is -0.153. The number of carbonyl (C=O) groups is 2. The summed E-state index contributed by atoms with van der Waals surface area (Å²) in [5.41, 5.74) is 2.70. The van der Waals surface area contributed by atoms with Gasteiger partial charge in [-0.2, -0.15) is 0 Å². The number of Topliss-reactive ketones (excluding diaryl/α,β-unsaturated/α-hetero) is 1. The van der Waals surface area contributed by atoms with E-state index in [0.717, 1.165) is 36.2 Å². The summed E-state index contributed by atoms with van der Waals surface area (Å²) in [4.78, 5) is 25.5. The predicted octanol–water partition coefficient (Wildman–Crippen LogP) is 4.25. The van der Waals surface area contributed by atoms with E-state index in [1.807, 2.05) is 36.6 Å². The van der Waals surface area contributed by atoms with Crippen LogP contribution in [0.1, 0.15) is 46.6 Å². The first-order chi connectivity index (χ1) is 13.4. The van der Waals surface area contributed by atoms with Crippen molar-refractivity contribution in [2.75, 3.05) is 20.3 Å². The number of ether oxygens (including phenoxy) is 2. The highest BCUT2D eigenvalue weighted by Gasteiger charge is 2.47. The number of aromatic nitrogens is 1. The molecule has 0 bridgehead atoms. The van der Waals surface area contributed by atoms with Crippen molar-refractivity contribution in [3.05, 3.63) is 57.9 Å². The van der Waals surface area contributed by atoms with Gasteiger partial charge in [0, 0.05) is 35.6 Å². The van der Waals surface area contributed by atoms with Crippen LogP contribution in [0.5, 0.6) is 0 Å². The van der Waals surface area contributed by atoms with Gasteiger partial charge in [0.2, 0.25) is 5.78 Å². The van der Waals surface area contributed by atoms with Gasteiger partial charge in [-0.15, -0.1) is 0 Å². The van der Waals surface area contributed by atoms with Gasteiger partial charge in [-0.25, -0.2) is 0 Å². The Morgan fingerprint density at radius 2 is 1.86 bits per heavy atom. The van der Waals surface area contributed by atoms with Crippen LogP contribution in [0.25, 0.3) is 0 Å². The number of hydrogen-bond donors (Lipinski definition) is 0. The normalized spacial score (nSPS) is 15.1. The molecule has 3 rings (SSSR count). The molecule has 150 valence electrons. The molecule has 0 aliphatic heterocycles. The van der Waals surface area contributed by atoms with E-state index in [-0.39, 0.29) is 18.4 Å². The molecule has 2 aromatic rings. The highest BCUT2D eigenvalue weighted by molar-refractivity contribution is 6.30. The quantitative estimate of drug-likeness (QED) is 0.488. The number of aryl methyl sites for hydroxylation is 1. The van der Waals surface area contributed by atoms with Crippen LogP contribution >= 0.6 is 11.6 Å². The smallest absolute Gasteiger partial charge is 0.317 e. The maximum Gasteiger partial charge on any atom is 0.317 e. The van der Waals surface area contributed by atoms with Gasteiger partial charge in [-0.05, 0) is 50.5 Å². The molecule has 1 fully saturated rings. The Labute approximate surface area is 170 Å². The largest absolute Gasteiger partial charge is 0.457 e. The Kier molecular flexibility index (Phi) is 6.26. The van der Waals surface area contributed by atoms with E-state index in [1.54, 1.807) is 19.2 Å². The standard InChI is InChI=1S/C22H26ClNO4/c1-15-13-19(16(2)24(15)11-12-27-3)20(25)14-28-21(26)22(9-4-10-22)17-5-7-18(23)8-6-17/h5-8,13H,4,9-12,14H2,1-3H3. The summed E-state index contributed by atoms with van der Waals surface area (Å²) in [6, 6.07) is 9.15. The summed E-state index contributed by atoms with van der Waals surface area (Å²) in [6.07, 6.45) is 2.42. The molecule has 1 saturated carbocycles. The maximum absolute atomic E-state index is 12.8. The summed E-state index contributed by atoms with van der Waals surface area (Å²) in [5.74, 6) is -0.515. The molecule has 0 spiro atoms. The molecule has 1 aromatic heterocycles. The fourth-order valence-corrected chi connectivity index (χ4v) is 3.99. The molecule has 0 unspecified atom stereocenters. The molecule has 0 radical (unpaired) electrons. The summed E-state index contributed by atoms with van der Waals surface area (Å²) in [6.45, 7) is 4.86. The summed E-state index contributed by atoms with van der Waals surface area (Å²) in [5, 5.41) is 0.630. The number of methoxy groups -OCH3 is 1. The van der Waals surface area contributed by atoms with Crippen molar-refractivity contribution in [2.24, 2.45) is 0 Å². The molecule has 28 heavy (non-hydrogen) atoms. The van der Waals surface area contributed by atoms with E-state index in [9.17, 15) is 9.59 Å². The van der Waals surface area contributed by atoms with Crippen molar-refractivity contribution in [3.8, 4) is 0 Å². The molecule has 0 saturated heterocycles. The average molecular weight is 404 g/mol. The fourth-order valence-electron chi connectivity index (χ4n) is 3.87. The van der Waals surface area contributed by atoms with Gasteiger partial charge >= 0.3 is 5.97 Å². The molecule has 0 atom stereocenters. The number of nitrogens with zero attached hydrogens (tertiary/aromatic N) is 1. The second-order valence-corrected chi connectivity index (χ2v) is 7.81. The van der Waals surface area contributed by atoms with Crippen molar-refractivity contribution >= 4 is 23.4 Å². The van der Waals surface area contributed by atoms with E-state index in [0.29, 0.717) is 23.7 Å². The van der Waals surface area contributed by atoms with Gasteiger partial charge in [0.15, 0.2) is 6.61 Å². The molecule has 1 heterocycles. The van der Waals surface area contributed by atoms with Crippen molar-refractivity contribution in [1.82, 2.24) is 4.57 Å². The lowest BCUT2D eigenvalue weighted by Gasteiger charge is -2.39. The first-order valence-corrected chi connectivity index (χ1v) is 9.89. The molecule has 1 aliphatic carbocycles. The number of halogens is 1. The van der Waals surface area contributed by atoms with Gasteiger partial charge in [0.25, 0.3) is 0 Å². The molecule has 0 amide bonds. The van der Waals surface area contributed by atoms with Gasteiger partial charge in [-0.3, -0.25) is 9.59 Å².